The molecule has 2 heterocycles. The smallest absolute Gasteiger partial charge is 0.411 e. The number of hydrogen-bond acceptors (Lipinski definition) is 7. The van der Waals surface area contributed by atoms with E-state index in [2.05, 4.69) is 0 Å². The Labute approximate surface area is 194 Å². The Morgan fingerprint density at radius 1 is 1.18 bits per heavy atom. The van der Waals surface area contributed by atoms with Crippen LogP contribution in [0.5, 0.6) is 5.75 Å². The summed E-state index contributed by atoms with van der Waals surface area (Å²) in [7, 11) is 1.46. The number of rotatable bonds is 4. The molecule has 10 nitrogen and oxygen atoms in total. The number of benzene rings is 2. The molecule has 0 bridgehead atoms. The van der Waals surface area contributed by atoms with Crippen molar-refractivity contribution in [2.24, 2.45) is 0 Å². The molecule has 0 saturated heterocycles. The summed E-state index contributed by atoms with van der Waals surface area (Å²) in [6.45, 7) is 5.50. The van der Waals surface area contributed by atoms with Crippen molar-refractivity contribution in [2.45, 2.75) is 38.8 Å². The number of furan rings is 1. The molecule has 0 aliphatic carbocycles. The zero-order chi connectivity index (χ0) is 24.8. The number of methoxy groups -OCH3 is 1. The number of nitrogens with zero attached hydrogens (tertiary/aromatic N) is 2. The number of hydrogen-bond donors (Lipinski definition) is 1. The summed E-state index contributed by atoms with van der Waals surface area (Å²) in [5.74, 6) is -0.279. The van der Waals surface area contributed by atoms with Crippen molar-refractivity contribution in [3.8, 4) is 5.75 Å². The van der Waals surface area contributed by atoms with Gasteiger partial charge in [-0.1, -0.05) is 0 Å². The van der Waals surface area contributed by atoms with E-state index in [4.69, 9.17) is 13.9 Å². The van der Waals surface area contributed by atoms with Gasteiger partial charge < -0.3 is 19.0 Å². The summed E-state index contributed by atoms with van der Waals surface area (Å²) in [5.41, 5.74) is 0.458. The molecule has 178 valence electrons. The first-order valence-electron chi connectivity index (χ1n) is 10.6. The van der Waals surface area contributed by atoms with Gasteiger partial charge in [0.05, 0.1) is 23.6 Å². The van der Waals surface area contributed by atoms with E-state index < -0.39 is 28.6 Å². The van der Waals surface area contributed by atoms with Crippen LogP contribution in [0.2, 0.25) is 0 Å². The number of carbonyl (C=O) groups is 2. The zero-order valence-corrected chi connectivity index (χ0v) is 19.2. The largest absolute Gasteiger partial charge is 0.493 e. The Bertz CT molecular complexity index is 1290. The minimum atomic E-state index is -1.16. The molecule has 0 spiro atoms. The third-order valence-electron chi connectivity index (χ3n) is 5.58. The standard InChI is InChI=1S/C24H24N2O8/c1-24(2,3)34-23(29)25-12-11-16-19(20(25)13-5-7-14(8-6-13)26(30)31)18-15(22(27)28)9-10-17(32-4)21(18)33-16/h5-10,20H,11-12H2,1-4H3,(H,27,28). The van der Waals surface area contributed by atoms with Gasteiger partial charge in [-0.2, -0.15) is 0 Å². The molecule has 1 aromatic heterocycles. The third kappa shape index (κ3) is 4.02. The van der Waals surface area contributed by atoms with Crippen LogP contribution >= 0.6 is 0 Å². The lowest BCUT2D eigenvalue weighted by molar-refractivity contribution is -0.384. The fraction of sp³-hybridized carbons (Fsp3) is 0.333. The molecule has 1 aliphatic heterocycles. The van der Waals surface area contributed by atoms with Crippen LogP contribution in [0.15, 0.2) is 40.8 Å². The molecule has 34 heavy (non-hydrogen) atoms. The summed E-state index contributed by atoms with van der Waals surface area (Å²) < 4.78 is 17.1. The molecule has 4 rings (SSSR count). The molecule has 10 heteroatoms. The van der Waals surface area contributed by atoms with E-state index in [0.717, 1.165) is 0 Å². The topological polar surface area (TPSA) is 132 Å². The van der Waals surface area contributed by atoms with Crippen LogP contribution < -0.4 is 4.74 Å². The lowest BCUT2D eigenvalue weighted by Gasteiger charge is -2.36. The SMILES string of the molecule is COc1ccc(C(=O)O)c2c3c(oc12)CCN(C(=O)OC(C)(C)C)C3c1ccc([N+](=O)[O-])cc1. The second-order valence-corrected chi connectivity index (χ2v) is 8.94. The highest BCUT2D eigenvalue weighted by Gasteiger charge is 2.40. The Morgan fingerprint density at radius 3 is 2.41 bits per heavy atom. The second kappa shape index (κ2) is 8.36. The van der Waals surface area contributed by atoms with Gasteiger partial charge in [-0.05, 0) is 50.6 Å². The van der Waals surface area contributed by atoms with E-state index in [1.54, 1.807) is 32.9 Å². The van der Waals surface area contributed by atoms with Crippen LogP contribution in [-0.4, -0.2) is 46.2 Å². The highest BCUT2D eigenvalue weighted by Crippen LogP contribution is 2.45. The van der Waals surface area contributed by atoms with E-state index >= 15 is 0 Å². The van der Waals surface area contributed by atoms with Gasteiger partial charge >= 0.3 is 12.1 Å². The van der Waals surface area contributed by atoms with Gasteiger partial charge in [-0.25, -0.2) is 9.59 Å². The van der Waals surface area contributed by atoms with Gasteiger partial charge in [0.1, 0.15) is 11.4 Å². The summed E-state index contributed by atoms with van der Waals surface area (Å²) >= 11 is 0. The molecule has 1 aliphatic rings. The number of carboxylic acid groups (broad SMARTS) is 1. The molecule has 0 fully saturated rings. The Balaban J connectivity index is 1.98. The Morgan fingerprint density at radius 2 is 1.85 bits per heavy atom. The summed E-state index contributed by atoms with van der Waals surface area (Å²) in [6, 6.07) is 7.95. The molecule has 1 atom stereocenters. The maximum absolute atomic E-state index is 13.2. The van der Waals surface area contributed by atoms with Crippen LogP contribution in [0.1, 0.15) is 54.1 Å². The summed E-state index contributed by atoms with van der Waals surface area (Å²) in [4.78, 5) is 37.5. The average Bonchev–Trinajstić information content (AvgIpc) is 3.16. The van der Waals surface area contributed by atoms with Crippen molar-refractivity contribution in [1.82, 2.24) is 4.90 Å². The van der Waals surface area contributed by atoms with Crippen molar-refractivity contribution in [3.63, 3.8) is 0 Å². The molecule has 1 N–H and O–H groups in total. The van der Waals surface area contributed by atoms with E-state index in [1.165, 1.54) is 36.3 Å². The van der Waals surface area contributed by atoms with E-state index in [0.29, 0.717) is 34.4 Å². The van der Waals surface area contributed by atoms with Crippen LogP contribution in [-0.2, 0) is 11.2 Å². The average molecular weight is 468 g/mol. The van der Waals surface area contributed by atoms with Gasteiger partial charge in [0.25, 0.3) is 5.69 Å². The second-order valence-electron chi connectivity index (χ2n) is 8.94. The number of carbonyl (C=O) groups excluding carboxylic acids is 1. The summed E-state index contributed by atoms with van der Waals surface area (Å²) in [5, 5.41) is 21.4. The molecule has 2 aromatic carbocycles. The van der Waals surface area contributed by atoms with Crippen molar-refractivity contribution < 1.29 is 33.5 Å². The van der Waals surface area contributed by atoms with Crippen molar-refractivity contribution in [2.75, 3.05) is 13.7 Å². The number of fused-ring (bicyclic) bond motifs is 3. The number of non-ortho nitro benzene ring substituents is 1. The molecule has 1 amide bonds. The maximum atomic E-state index is 13.2. The van der Waals surface area contributed by atoms with Crippen molar-refractivity contribution >= 4 is 28.7 Å². The van der Waals surface area contributed by atoms with Crippen LogP contribution in [0.3, 0.4) is 0 Å². The van der Waals surface area contributed by atoms with Crippen LogP contribution in [0, 0.1) is 10.1 Å². The molecular weight excluding hydrogens is 444 g/mol. The van der Waals surface area contributed by atoms with Crippen molar-refractivity contribution in [1.29, 1.82) is 0 Å². The van der Waals surface area contributed by atoms with Gasteiger partial charge in [0.2, 0.25) is 0 Å². The zero-order valence-electron chi connectivity index (χ0n) is 19.2. The fourth-order valence-corrected chi connectivity index (χ4v) is 4.21. The normalized spacial score (nSPS) is 15.6. The van der Waals surface area contributed by atoms with Crippen molar-refractivity contribution in [3.05, 3.63) is 69.0 Å². The molecule has 1 unspecified atom stereocenters. The molecular formula is C24H24N2O8. The minimum absolute atomic E-state index is 0.00116. The first-order valence-corrected chi connectivity index (χ1v) is 10.6. The predicted molar refractivity (Wildman–Crippen MR) is 121 cm³/mol. The predicted octanol–water partition coefficient (Wildman–Crippen LogP) is 4.93. The lowest BCUT2D eigenvalue weighted by atomic mass is 9.89. The van der Waals surface area contributed by atoms with Gasteiger partial charge in [-0.15, -0.1) is 0 Å². The highest BCUT2D eigenvalue weighted by molar-refractivity contribution is 6.06. The minimum Gasteiger partial charge on any atom is -0.493 e. The van der Waals surface area contributed by atoms with Gasteiger partial charge in [0.15, 0.2) is 11.3 Å². The number of nitro groups is 1. The van der Waals surface area contributed by atoms with E-state index in [9.17, 15) is 24.8 Å². The van der Waals surface area contributed by atoms with E-state index in [-0.39, 0.29) is 23.4 Å². The molecule has 0 radical (unpaired) electrons. The number of aromatic carboxylic acids is 1. The lowest BCUT2D eigenvalue weighted by Crippen LogP contribution is -2.43. The van der Waals surface area contributed by atoms with Crippen LogP contribution in [0.25, 0.3) is 11.0 Å². The third-order valence-corrected chi connectivity index (χ3v) is 5.58. The fourth-order valence-electron chi connectivity index (χ4n) is 4.21. The first kappa shape index (κ1) is 23.1. The Hall–Kier alpha value is -4.08. The monoisotopic (exact) mass is 468 g/mol. The number of amides is 1. The quantitative estimate of drug-likeness (QED) is 0.421. The number of carboxylic acids is 1. The van der Waals surface area contributed by atoms with Gasteiger partial charge in [-0.3, -0.25) is 15.0 Å². The van der Waals surface area contributed by atoms with Gasteiger partial charge in [0, 0.05) is 36.0 Å². The molecule has 0 saturated carbocycles. The van der Waals surface area contributed by atoms with Crippen LogP contribution in [0.4, 0.5) is 10.5 Å². The highest BCUT2D eigenvalue weighted by atomic mass is 16.6. The number of nitro benzene ring substituents is 1. The first-order chi connectivity index (χ1) is 16.0. The van der Waals surface area contributed by atoms with E-state index in [1.807, 2.05) is 0 Å². The molecule has 3 aromatic rings. The summed E-state index contributed by atoms with van der Waals surface area (Å²) in [6.07, 6.45) is -0.259. The Kier molecular flexibility index (Phi) is 5.68. The number of ether oxygens (including phenoxy) is 2. The maximum Gasteiger partial charge on any atom is 0.411 e.